The number of H-pyrrole nitrogens is 2. The van der Waals surface area contributed by atoms with E-state index >= 15 is 0 Å². The van der Waals surface area contributed by atoms with Crippen molar-refractivity contribution in [2.75, 3.05) is 61.7 Å². The Hall–Kier alpha value is -7.64. The van der Waals surface area contributed by atoms with Crippen LogP contribution >= 0.6 is 39.5 Å². The number of anilines is 5. The highest BCUT2D eigenvalue weighted by Gasteiger charge is 2.57. The fourth-order valence-electron chi connectivity index (χ4n) is 11.6. The van der Waals surface area contributed by atoms with E-state index < -0.39 is 241 Å². The quantitative estimate of drug-likeness (QED) is 0.0203. The third-order valence-corrected chi connectivity index (χ3v) is 20.7. The summed E-state index contributed by atoms with van der Waals surface area (Å²) in [6, 6.07) is 3.22. The highest BCUT2D eigenvalue weighted by atomic mass is 31.2. The van der Waals surface area contributed by atoms with E-state index in [1.54, 1.807) is 0 Å². The molecule has 5 aliphatic rings. The number of hydrogen-bond donors (Lipinski definition) is 18. The Morgan fingerprint density at radius 2 is 0.708 bits per heavy atom. The molecule has 23 N–H and O–H groups in total. The number of phosphoric acid groups is 4. The molecule has 7 aromatic heterocycles. The van der Waals surface area contributed by atoms with E-state index in [4.69, 9.17) is 93.1 Å². The Kier molecular flexibility index (Phi) is 22.4. The standard InChI is InChI=1S/C47H60N19O35P5/c48-19-1-4-62(45(75)55-19)38-25(68)24(67)14(93-38)8-89-103(80,81)101-33-18(97-42(29(33)72)66-13-54-23-35(66)59-44(52)61-37(23)74)11-92-106(86,87)100-32-17(96-40(27(32)70)64-6-3-21(50)57-47(64)77)10-91-105(84,85)99-31-16(95-39(26(31)69)63-5-2-20(49)56-46(63)76)9-90-104(82,83)98-30-15(7-88-102(78)79)94-41(28(30)71)65-12-53-22-34(65)58-43(51)60-36(22)73/h1-6,12-18,24-33,38-42,67-72H,7-11H2,(H16-,48,49,50,51,52,55,56,57,58,59,60,61,73,74,75,76,77,78,79,80,81,82,83,84,85,86,87)/p+1/t14-,15-,16-,17-,18-,24-,25-,26-,27-,28-,29-,30-,31-,32-,33-,38-,39-,40-,41-,42-/m1/s1. The van der Waals surface area contributed by atoms with Gasteiger partial charge in [-0.25, -0.2) is 42.6 Å². The molecule has 12 rings (SSSR count). The minimum atomic E-state index is -5.93. The van der Waals surface area contributed by atoms with E-state index in [0.717, 1.165) is 63.1 Å². The number of nitrogens with zero attached hydrogens (tertiary/aromatic N) is 12. The van der Waals surface area contributed by atoms with Crippen molar-refractivity contribution in [2.45, 2.75) is 123 Å². The number of imidazole rings is 2. The topological polar surface area (TPSA) is 799 Å². The monoisotopic (exact) mass is 1610 g/mol. The molecule has 7 aromatic rings. The molecule has 0 spiro atoms. The molecule has 25 atom stereocenters. The number of nitrogens with two attached hydrogens (primary N) is 5. The van der Waals surface area contributed by atoms with Crippen molar-refractivity contribution in [3.05, 3.63) is 102 Å². The molecule has 0 radical (unpaired) electrons. The fraction of sp³-hybridized carbons (Fsp3) is 0.532. The summed E-state index contributed by atoms with van der Waals surface area (Å²) in [5.74, 6) is -1.84. The van der Waals surface area contributed by atoms with Gasteiger partial charge < -0.3 is 103 Å². The third kappa shape index (κ3) is 16.5. The molecule has 0 aliphatic carbocycles. The number of hydrogen-bond acceptors (Lipinski definition) is 42. The number of aliphatic hydroxyl groups is 6. The van der Waals surface area contributed by atoms with Crippen molar-refractivity contribution in [1.29, 1.82) is 0 Å². The SMILES string of the molecule is Nc1ccn([C@@H]2O[C@H](COP(=O)(O)O[C@H]3[C@@H](O)[C@H](n4cnc5c(=O)[nH]c(N)nc54)O[C@@H]3COP(=O)(O)O[C@H]3[C@@H](O)[C@H](n4ccc(N)nc4=O)O[C@@H]3COP(=O)(O)O[C@H]3[C@@H](O)[C@H](n4ccc(N)nc4=O)O[C@@H]3COP(=O)(O)O[C@H]3[C@@H](O)[C@H](n4cnc5c(=O)[nH]c(N)nc54)O[C@@H]3CO[P+](=O)O)[C@@H](O)[C@H]2O)c(=O)n1. The molecule has 0 saturated carbocycles. The zero-order valence-electron chi connectivity index (χ0n) is 52.9. The fourth-order valence-corrected chi connectivity index (χ4v) is 15.7. The van der Waals surface area contributed by atoms with Gasteiger partial charge in [0.05, 0.1) is 39.1 Å². The highest BCUT2D eigenvalue weighted by Crippen LogP contribution is 2.55. The minimum Gasteiger partial charge on any atom is -0.387 e. The van der Waals surface area contributed by atoms with Crippen molar-refractivity contribution in [3.63, 3.8) is 0 Å². The van der Waals surface area contributed by atoms with E-state index in [0.29, 0.717) is 9.13 Å². The summed E-state index contributed by atoms with van der Waals surface area (Å²) in [7, 11) is -26.6. The van der Waals surface area contributed by atoms with Crippen LogP contribution in [0.2, 0.25) is 0 Å². The van der Waals surface area contributed by atoms with Gasteiger partial charge in [0.15, 0.2) is 53.5 Å². The molecule has 5 aliphatic heterocycles. The second-order valence-corrected chi connectivity index (χ2v) is 29.7. The minimum absolute atomic E-state index is 0.214. The summed E-state index contributed by atoms with van der Waals surface area (Å²) in [6.45, 7) is -6.21. The molecule has 106 heavy (non-hydrogen) atoms. The number of phosphoric ester groups is 4. The maximum Gasteiger partial charge on any atom is 0.694 e. The molecule has 12 heterocycles. The first kappa shape index (κ1) is 78.0. The number of fused-ring (bicyclic) bond motifs is 2. The second kappa shape index (κ2) is 30.4. The van der Waals surface area contributed by atoms with E-state index in [1.165, 1.54) is 0 Å². The maximum atomic E-state index is 14.2. The normalized spacial score (nSPS) is 32.2. The zero-order chi connectivity index (χ0) is 76.5. The summed E-state index contributed by atoms with van der Waals surface area (Å²) in [5, 5.41) is 68.4. The van der Waals surface area contributed by atoms with Gasteiger partial charge in [-0.1, -0.05) is 0 Å². The van der Waals surface area contributed by atoms with Gasteiger partial charge in [0.25, 0.3) is 11.1 Å². The van der Waals surface area contributed by atoms with Gasteiger partial charge in [0.2, 0.25) is 11.9 Å². The van der Waals surface area contributed by atoms with Gasteiger partial charge in [-0.3, -0.25) is 78.6 Å². The second-order valence-electron chi connectivity index (χ2n) is 23.3. The average molecular weight is 1610 g/mol. The van der Waals surface area contributed by atoms with Crippen molar-refractivity contribution >= 4 is 91.2 Å². The Morgan fingerprint density at radius 3 is 1.02 bits per heavy atom. The van der Waals surface area contributed by atoms with Crippen LogP contribution in [0.25, 0.3) is 22.3 Å². The first-order valence-electron chi connectivity index (χ1n) is 30.1. The Morgan fingerprint density at radius 1 is 0.425 bits per heavy atom. The van der Waals surface area contributed by atoms with Crippen molar-refractivity contribution in [2.24, 2.45) is 0 Å². The van der Waals surface area contributed by atoms with Crippen LogP contribution < -0.4 is 56.9 Å². The highest BCUT2D eigenvalue weighted by molar-refractivity contribution is 7.48. The van der Waals surface area contributed by atoms with Crippen LogP contribution in [-0.2, 0) is 87.2 Å². The van der Waals surface area contributed by atoms with Crippen LogP contribution in [0.5, 0.6) is 0 Å². The average Bonchev–Trinajstić information content (AvgIpc) is 1.68. The number of nitrogen functional groups attached to an aromatic ring is 5. The van der Waals surface area contributed by atoms with E-state index in [2.05, 4.69) is 44.9 Å². The first-order valence-corrected chi connectivity index (χ1v) is 37.2. The zero-order valence-corrected chi connectivity index (χ0v) is 57.4. The molecule has 5 saturated heterocycles. The number of nitrogens with one attached hydrogen (secondary N) is 2. The molecule has 5 unspecified atom stereocenters. The molecule has 59 heteroatoms. The van der Waals surface area contributed by atoms with Crippen molar-refractivity contribution in [1.82, 2.24) is 67.7 Å². The van der Waals surface area contributed by atoms with Crippen LogP contribution in [-0.4, -0.2) is 247 Å². The van der Waals surface area contributed by atoms with Gasteiger partial charge >= 0.3 is 56.6 Å². The molecule has 0 bridgehead atoms. The first-order chi connectivity index (χ1) is 49.9. The van der Waals surface area contributed by atoms with Crippen LogP contribution in [0.4, 0.5) is 29.4 Å². The van der Waals surface area contributed by atoms with Crippen molar-refractivity contribution < 1.29 is 142 Å². The van der Waals surface area contributed by atoms with Gasteiger partial charge in [-0.15, -0.1) is 9.42 Å². The number of rotatable bonds is 28. The van der Waals surface area contributed by atoms with Crippen LogP contribution in [0.15, 0.2) is 73.4 Å². The molecular weight excluding hydrogens is 1550 g/mol. The third-order valence-electron chi connectivity index (χ3n) is 16.4. The molecule has 54 nitrogen and oxygen atoms in total. The van der Waals surface area contributed by atoms with Gasteiger partial charge in [-0.05, 0) is 18.2 Å². The van der Waals surface area contributed by atoms with E-state index in [-0.39, 0.29) is 34.3 Å². The predicted octanol–water partition coefficient (Wildman–Crippen LogP) is -7.74. The Balaban J connectivity index is 0.763. The van der Waals surface area contributed by atoms with Gasteiger partial charge in [0, 0.05) is 23.2 Å². The van der Waals surface area contributed by atoms with Crippen LogP contribution in [0.1, 0.15) is 31.1 Å². The summed E-state index contributed by atoms with van der Waals surface area (Å²) in [4.78, 5) is 149. The Labute approximate surface area is 585 Å². The summed E-state index contributed by atoms with van der Waals surface area (Å²) >= 11 is 0. The number of aliphatic hydroxyl groups excluding tert-OH is 6. The molecule has 578 valence electrons. The predicted molar refractivity (Wildman–Crippen MR) is 338 cm³/mol. The number of aromatic amines is 2. The largest absolute Gasteiger partial charge is 0.694 e. The van der Waals surface area contributed by atoms with E-state index in [1.807, 2.05) is 0 Å². The lowest BCUT2D eigenvalue weighted by atomic mass is 10.1. The van der Waals surface area contributed by atoms with Crippen LogP contribution in [0.3, 0.4) is 0 Å². The van der Waals surface area contributed by atoms with Crippen LogP contribution in [0, 0.1) is 0 Å². The lowest BCUT2D eigenvalue weighted by Gasteiger charge is -2.27. The lowest BCUT2D eigenvalue weighted by Crippen LogP contribution is -2.39. The van der Waals surface area contributed by atoms with Gasteiger partial charge in [-0.2, -0.15) is 24.9 Å². The smallest absolute Gasteiger partial charge is 0.387 e. The molecule has 0 aromatic carbocycles. The van der Waals surface area contributed by atoms with Gasteiger partial charge in [0.1, 0.15) is 116 Å². The lowest BCUT2D eigenvalue weighted by molar-refractivity contribution is -0.0657. The van der Waals surface area contributed by atoms with E-state index in [9.17, 15) is 102 Å². The van der Waals surface area contributed by atoms with Crippen molar-refractivity contribution in [3.8, 4) is 0 Å². The number of aromatic nitrogens is 14. The summed E-state index contributed by atoms with van der Waals surface area (Å²) in [5.41, 5.74) is 21.7. The number of ether oxygens (including phenoxy) is 5. The Bertz CT molecular complexity index is 4990. The molecule has 0 amide bonds. The maximum absolute atomic E-state index is 14.2. The summed E-state index contributed by atoms with van der Waals surface area (Å²) in [6.07, 6.45) is -36.3. The summed E-state index contributed by atoms with van der Waals surface area (Å²) < 4.78 is 147. The molecule has 5 fully saturated rings. The molecular formula is C47H61N19O35P5+.